The van der Waals surface area contributed by atoms with Crippen LogP contribution >= 0.6 is 0 Å². The number of carbonyl (C=O) groups is 2. The van der Waals surface area contributed by atoms with Gasteiger partial charge in [-0.05, 0) is 54.8 Å². The molecule has 0 heterocycles. The maximum atomic E-state index is 10.6. The van der Waals surface area contributed by atoms with Gasteiger partial charge in [0.25, 0.3) is 0 Å². The molecular weight excluding hydrogens is 405 g/mol. The Labute approximate surface area is 201 Å². The Morgan fingerprint density at radius 3 is 1.73 bits per heavy atom. The summed E-state index contributed by atoms with van der Waals surface area (Å²) in [4.78, 5) is 31.7. The minimum absolute atomic E-state index is 0. The van der Waals surface area contributed by atoms with E-state index in [4.69, 9.17) is 20.4 Å². The molecule has 0 spiro atoms. The number of aliphatic carboxylic acids is 2. The van der Waals surface area contributed by atoms with Gasteiger partial charge in [-0.3, -0.25) is 9.59 Å². The Hall–Kier alpha value is -0.740. The average molecular weight is 444 g/mol. The van der Waals surface area contributed by atoms with Gasteiger partial charge in [-0.1, -0.05) is 41.5 Å². The SMILES string of the molecule is CC(C)(C)C(CCC(=O)O)CC(=O)O.CC(C)(C)C1CCC(O)CC1.O=NO[O-].[Na+]. The Morgan fingerprint density at radius 2 is 1.47 bits per heavy atom. The molecule has 1 aliphatic rings. The average Bonchev–Trinajstić information content (AvgIpc) is 2.57. The first-order valence-corrected chi connectivity index (χ1v) is 9.88. The van der Waals surface area contributed by atoms with Crippen molar-refractivity contribution in [3.63, 3.8) is 0 Å². The van der Waals surface area contributed by atoms with Gasteiger partial charge in [-0.2, -0.15) is 0 Å². The first kappa shape index (κ1) is 33.9. The molecular formula is C20H38NNaO8. The monoisotopic (exact) mass is 443 g/mol. The molecule has 0 aromatic carbocycles. The van der Waals surface area contributed by atoms with E-state index in [2.05, 4.69) is 25.8 Å². The summed E-state index contributed by atoms with van der Waals surface area (Å²) in [5, 5.41) is 36.2. The molecule has 1 saturated carbocycles. The fraction of sp³-hybridized carbons (Fsp3) is 0.900. The third-order valence-corrected chi connectivity index (χ3v) is 5.30. The van der Waals surface area contributed by atoms with Crippen LogP contribution in [-0.4, -0.2) is 33.4 Å². The van der Waals surface area contributed by atoms with Crippen LogP contribution in [0.25, 0.3) is 0 Å². The van der Waals surface area contributed by atoms with Gasteiger partial charge in [0.2, 0.25) is 0 Å². The molecule has 1 aliphatic carbocycles. The summed E-state index contributed by atoms with van der Waals surface area (Å²) >= 11 is 0. The van der Waals surface area contributed by atoms with Gasteiger partial charge in [-0.15, -0.1) is 4.91 Å². The van der Waals surface area contributed by atoms with Gasteiger partial charge in [0, 0.05) is 12.8 Å². The van der Waals surface area contributed by atoms with E-state index in [0.29, 0.717) is 11.8 Å². The van der Waals surface area contributed by atoms with Crippen molar-refractivity contribution in [2.45, 2.75) is 92.6 Å². The summed E-state index contributed by atoms with van der Waals surface area (Å²) in [6.07, 6.45) is 4.95. The van der Waals surface area contributed by atoms with Crippen molar-refractivity contribution in [2.24, 2.45) is 28.0 Å². The molecule has 1 fully saturated rings. The third-order valence-electron chi connectivity index (χ3n) is 5.30. The molecule has 3 N–H and O–H groups in total. The predicted octanol–water partition coefficient (Wildman–Crippen LogP) is 0.536. The van der Waals surface area contributed by atoms with Crippen LogP contribution in [0.1, 0.15) is 86.5 Å². The molecule has 0 aromatic rings. The quantitative estimate of drug-likeness (QED) is 0.232. The zero-order chi connectivity index (χ0) is 23.3. The molecule has 0 aromatic heterocycles. The van der Waals surface area contributed by atoms with E-state index >= 15 is 0 Å². The van der Waals surface area contributed by atoms with E-state index in [0.717, 1.165) is 18.8 Å². The summed E-state index contributed by atoms with van der Waals surface area (Å²) in [7, 11) is 0. The van der Waals surface area contributed by atoms with E-state index < -0.39 is 11.9 Å². The van der Waals surface area contributed by atoms with Gasteiger partial charge in [-0.25, -0.2) is 0 Å². The molecule has 1 rings (SSSR count). The molecule has 0 bridgehead atoms. The number of hydrogen-bond acceptors (Lipinski definition) is 7. The maximum Gasteiger partial charge on any atom is 1.00 e. The van der Waals surface area contributed by atoms with Gasteiger partial charge in [0.1, 0.15) is 5.34 Å². The van der Waals surface area contributed by atoms with E-state index in [9.17, 15) is 14.7 Å². The van der Waals surface area contributed by atoms with Crippen molar-refractivity contribution in [1.29, 1.82) is 0 Å². The number of carboxylic acids is 2. The summed E-state index contributed by atoms with van der Waals surface area (Å²) in [6.45, 7) is 12.7. The normalized spacial score (nSPS) is 19.5. The van der Waals surface area contributed by atoms with Crippen LogP contribution < -0.4 is 34.8 Å². The summed E-state index contributed by atoms with van der Waals surface area (Å²) < 4.78 is 0. The molecule has 0 amide bonds. The number of hydrogen-bond donors (Lipinski definition) is 3. The molecule has 0 saturated heterocycles. The van der Waals surface area contributed by atoms with Crippen LogP contribution in [0, 0.1) is 27.6 Å². The van der Waals surface area contributed by atoms with Crippen LogP contribution in [0.3, 0.4) is 0 Å². The number of rotatable bonds is 6. The zero-order valence-electron chi connectivity index (χ0n) is 19.5. The smallest absolute Gasteiger partial charge is 0.635 e. The summed E-state index contributed by atoms with van der Waals surface area (Å²) in [6, 6.07) is 0. The van der Waals surface area contributed by atoms with Crippen LogP contribution in [0.15, 0.2) is 5.34 Å². The van der Waals surface area contributed by atoms with Gasteiger partial charge >= 0.3 is 41.5 Å². The third kappa shape index (κ3) is 19.2. The molecule has 30 heavy (non-hydrogen) atoms. The van der Waals surface area contributed by atoms with Crippen LogP contribution in [0.4, 0.5) is 0 Å². The van der Waals surface area contributed by atoms with Crippen molar-refractivity contribution in [2.75, 3.05) is 0 Å². The molecule has 1 atom stereocenters. The summed E-state index contributed by atoms with van der Waals surface area (Å²) in [5.41, 5.74) is 0.286. The standard InChI is InChI=1S/C10H18O4.C10H20O.HNO3.Na/c1-10(2,3)7(6-9(13)14)4-5-8(11)12;1-10(2,3)8-4-6-9(11)7-5-8;2-1-4-3;/h7H,4-6H2,1-3H3,(H,11,12)(H,13,14);8-9,11H,4-7H2,1-3H3;3H;/q;;;+1/p-1. The van der Waals surface area contributed by atoms with Crippen molar-refractivity contribution < 1.29 is 64.7 Å². The molecule has 0 radical (unpaired) electrons. The Balaban J connectivity index is -0.000000407. The molecule has 0 aliphatic heterocycles. The minimum Gasteiger partial charge on any atom is -0.635 e. The Kier molecular flexibility index (Phi) is 19.1. The van der Waals surface area contributed by atoms with Crippen molar-refractivity contribution in [1.82, 2.24) is 0 Å². The fourth-order valence-corrected chi connectivity index (χ4v) is 3.29. The maximum absolute atomic E-state index is 10.6. The summed E-state index contributed by atoms with van der Waals surface area (Å²) in [5.74, 6) is -0.998. The first-order chi connectivity index (χ1) is 13.1. The predicted molar refractivity (Wildman–Crippen MR) is 106 cm³/mol. The van der Waals surface area contributed by atoms with Crippen molar-refractivity contribution >= 4 is 11.9 Å². The second-order valence-corrected chi connectivity index (χ2v) is 9.61. The van der Waals surface area contributed by atoms with Gasteiger partial charge in [0.15, 0.2) is 0 Å². The van der Waals surface area contributed by atoms with Crippen molar-refractivity contribution in [3.8, 4) is 0 Å². The number of aliphatic hydroxyl groups is 1. The second kappa shape index (κ2) is 16.9. The molecule has 172 valence electrons. The molecule has 1 unspecified atom stereocenters. The number of aliphatic hydroxyl groups excluding tert-OH is 1. The van der Waals surface area contributed by atoms with Gasteiger partial charge in [0.05, 0.1) is 6.10 Å². The van der Waals surface area contributed by atoms with Crippen LogP contribution in [0.5, 0.6) is 0 Å². The number of nitrogens with zero attached hydrogens (tertiary/aromatic N) is 1. The van der Waals surface area contributed by atoms with Crippen LogP contribution in [-0.2, 0) is 14.6 Å². The van der Waals surface area contributed by atoms with E-state index in [1.807, 2.05) is 20.8 Å². The van der Waals surface area contributed by atoms with Crippen molar-refractivity contribution in [3.05, 3.63) is 4.91 Å². The fourth-order valence-electron chi connectivity index (χ4n) is 3.29. The first-order valence-electron chi connectivity index (χ1n) is 9.88. The van der Waals surface area contributed by atoms with E-state index in [1.165, 1.54) is 18.2 Å². The Bertz CT molecular complexity index is 480. The zero-order valence-corrected chi connectivity index (χ0v) is 21.5. The topological polar surface area (TPSA) is 157 Å². The second-order valence-electron chi connectivity index (χ2n) is 9.61. The largest absolute Gasteiger partial charge is 1.00 e. The van der Waals surface area contributed by atoms with E-state index in [1.54, 1.807) is 0 Å². The van der Waals surface area contributed by atoms with Gasteiger partial charge < -0.3 is 25.6 Å². The molecule has 9 nitrogen and oxygen atoms in total. The van der Waals surface area contributed by atoms with E-state index in [-0.39, 0.29) is 59.8 Å². The Morgan fingerprint density at radius 1 is 1.03 bits per heavy atom. The molecule has 10 heteroatoms. The van der Waals surface area contributed by atoms with Crippen LogP contribution in [0.2, 0.25) is 0 Å². The number of carboxylic acid groups (broad SMARTS) is 2. The minimum atomic E-state index is -0.871.